The number of ketones is 1. The van der Waals surface area contributed by atoms with Crippen molar-refractivity contribution < 1.29 is 14.3 Å². The van der Waals surface area contributed by atoms with Crippen LogP contribution in [0.25, 0.3) is 0 Å². The number of likely N-dealkylation sites (tertiary alicyclic amines) is 1. The Labute approximate surface area is 216 Å². The van der Waals surface area contributed by atoms with Gasteiger partial charge in [0.1, 0.15) is 17.2 Å². The minimum absolute atomic E-state index is 0.0790. The van der Waals surface area contributed by atoms with Gasteiger partial charge in [0.15, 0.2) is 0 Å². The molecule has 0 saturated carbocycles. The molecule has 3 heterocycles. The number of halogens is 2. The first-order chi connectivity index (χ1) is 16.9. The topological polar surface area (TPSA) is 87.7 Å². The van der Waals surface area contributed by atoms with Crippen LogP contribution in [0.1, 0.15) is 48.5 Å². The van der Waals surface area contributed by atoms with E-state index in [4.69, 9.17) is 27.9 Å². The number of carbonyl (C=O) groups excluding carboxylic acids is 2. The van der Waals surface area contributed by atoms with Gasteiger partial charge in [0.25, 0.3) is 0 Å². The lowest BCUT2D eigenvalue weighted by atomic mass is 9.92. The second-order valence-electron chi connectivity index (χ2n) is 8.95. The molecule has 0 aliphatic carbocycles. The molecule has 4 rings (SSSR count). The maximum absolute atomic E-state index is 12.7. The molecule has 1 aromatic carbocycles. The molecule has 2 aliphatic rings. The van der Waals surface area contributed by atoms with Gasteiger partial charge in [0.2, 0.25) is 5.95 Å². The number of esters is 1. The van der Waals surface area contributed by atoms with Crippen LogP contribution in [0, 0.1) is 5.92 Å². The van der Waals surface area contributed by atoms with E-state index in [0.29, 0.717) is 53.8 Å². The van der Waals surface area contributed by atoms with Crippen LogP contribution in [0.15, 0.2) is 24.4 Å². The largest absolute Gasteiger partial charge is 0.462 e. The highest BCUT2D eigenvalue weighted by atomic mass is 35.5. The van der Waals surface area contributed by atoms with Crippen LogP contribution >= 0.6 is 23.2 Å². The van der Waals surface area contributed by atoms with E-state index in [1.54, 1.807) is 19.1 Å². The fraction of sp³-hybridized carbons (Fsp3) is 0.520. The normalized spacial score (nSPS) is 16.9. The van der Waals surface area contributed by atoms with E-state index in [9.17, 15) is 9.59 Å². The van der Waals surface area contributed by atoms with Gasteiger partial charge in [-0.2, -0.15) is 4.98 Å². The third-order valence-corrected chi connectivity index (χ3v) is 7.13. The number of nitrogens with zero attached hydrogens (tertiary/aromatic N) is 4. The summed E-state index contributed by atoms with van der Waals surface area (Å²) in [6.45, 7) is 6.37. The van der Waals surface area contributed by atoms with Crippen LogP contribution in [0.2, 0.25) is 10.0 Å². The van der Waals surface area contributed by atoms with Gasteiger partial charge in [0, 0.05) is 41.8 Å². The molecule has 0 atom stereocenters. The highest BCUT2D eigenvalue weighted by Crippen LogP contribution is 2.26. The summed E-state index contributed by atoms with van der Waals surface area (Å²) < 4.78 is 5.18. The smallest absolute Gasteiger partial charge is 0.343 e. The highest BCUT2D eigenvalue weighted by molar-refractivity contribution is 6.35. The van der Waals surface area contributed by atoms with Gasteiger partial charge >= 0.3 is 5.97 Å². The lowest BCUT2D eigenvalue weighted by Crippen LogP contribution is -2.40. The van der Waals surface area contributed by atoms with Gasteiger partial charge in [-0.05, 0) is 63.4 Å². The number of hydrogen-bond donors (Lipinski definition) is 1. The Bertz CT molecular complexity index is 1050. The van der Waals surface area contributed by atoms with E-state index < -0.39 is 5.97 Å². The van der Waals surface area contributed by atoms with Gasteiger partial charge in [-0.25, -0.2) is 9.78 Å². The molecule has 0 radical (unpaired) electrons. The number of carbonyl (C=O) groups is 2. The summed E-state index contributed by atoms with van der Waals surface area (Å²) in [7, 11) is 0. The van der Waals surface area contributed by atoms with E-state index in [0.717, 1.165) is 31.5 Å². The average molecular weight is 520 g/mol. The number of nitrogens with one attached hydrogen (secondary N) is 1. The van der Waals surface area contributed by atoms with Crippen molar-refractivity contribution in [2.24, 2.45) is 5.92 Å². The molecule has 2 aromatic rings. The Hall–Kier alpha value is -2.42. The number of benzene rings is 1. The summed E-state index contributed by atoms with van der Waals surface area (Å²) >= 11 is 12.3. The van der Waals surface area contributed by atoms with E-state index >= 15 is 0 Å². The highest BCUT2D eigenvalue weighted by Gasteiger charge is 2.28. The van der Waals surface area contributed by atoms with Crippen molar-refractivity contribution in [1.29, 1.82) is 0 Å². The van der Waals surface area contributed by atoms with E-state index in [-0.39, 0.29) is 18.1 Å². The fourth-order valence-electron chi connectivity index (χ4n) is 4.55. The molecule has 0 amide bonds. The predicted molar refractivity (Wildman–Crippen MR) is 137 cm³/mol. The molecule has 0 spiro atoms. The molecule has 2 fully saturated rings. The third-order valence-electron chi connectivity index (χ3n) is 6.54. The number of anilines is 2. The third kappa shape index (κ3) is 6.63. The Kier molecular flexibility index (Phi) is 8.81. The van der Waals surface area contributed by atoms with Crippen LogP contribution in [0.5, 0.6) is 0 Å². The SMILES string of the molecule is CCOC(=O)c1cnc(N2CCC(C(=O)CN3CCCC3)CC2)nc1NCc1ccc(Cl)cc1Cl. The van der Waals surface area contributed by atoms with Crippen LogP contribution in [0.4, 0.5) is 11.8 Å². The van der Waals surface area contributed by atoms with Crippen molar-refractivity contribution in [3.8, 4) is 0 Å². The molecule has 0 bridgehead atoms. The summed E-state index contributed by atoms with van der Waals surface area (Å²) in [5, 5.41) is 4.29. The maximum Gasteiger partial charge on any atom is 0.343 e. The zero-order valence-corrected chi connectivity index (χ0v) is 21.4. The lowest BCUT2D eigenvalue weighted by Gasteiger charge is -2.32. The number of ether oxygens (including phenoxy) is 1. The Morgan fingerprint density at radius 2 is 1.89 bits per heavy atom. The number of rotatable bonds is 9. The fourth-order valence-corrected chi connectivity index (χ4v) is 5.03. The van der Waals surface area contributed by atoms with E-state index in [1.807, 2.05) is 6.07 Å². The van der Waals surface area contributed by atoms with Gasteiger partial charge in [-0.3, -0.25) is 9.69 Å². The van der Waals surface area contributed by atoms with Crippen molar-refractivity contribution in [2.45, 2.75) is 39.2 Å². The van der Waals surface area contributed by atoms with Crippen molar-refractivity contribution in [3.05, 3.63) is 45.6 Å². The average Bonchev–Trinajstić information content (AvgIpc) is 3.36. The van der Waals surface area contributed by atoms with Crippen molar-refractivity contribution in [1.82, 2.24) is 14.9 Å². The van der Waals surface area contributed by atoms with Crippen molar-refractivity contribution in [3.63, 3.8) is 0 Å². The molecule has 10 heteroatoms. The number of hydrogen-bond acceptors (Lipinski definition) is 8. The maximum atomic E-state index is 12.7. The van der Waals surface area contributed by atoms with Gasteiger partial charge in [0.05, 0.1) is 13.2 Å². The first kappa shape index (κ1) is 25.7. The molecular formula is C25H31Cl2N5O3. The van der Waals surface area contributed by atoms with Crippen molar-refractivity contribution >= 4 is 46.7 Å². The Morgan fingerprint density at radius 3 is 2.57 bits per heavy atom. The van der Waals surface area contributed by atoms with Crippen LogP contribution < -0.4 is 10.2 Å². The van der Waals surface area contributed by atoms with E-state index in [2.05, 4.69) is 25.1 Å². The van der Waals surface area contributed by atoms with Gasteiger partial charge in [-0.15, -0.1) is 0 Å². The van der Waals surface area contributed by atoms with Crippen LogP contribution in [0.3, 0.4) is 0 Å². The van der Waals surface area contributed by atoms with E-state index in [1.165, 1.54) is 19.0 Å². The summed E-state index contributed by atoms with van der Waals surface area (Å²) in [6.07, 6.45) is 5.42. The molecule has 8 nitrogen and oxygen atoms in total. The minimum atomic E-state index is -0.491. The molecule has 2 saturated heterocycles. The molecule has 1 aromatic heterocycles. The van der Waals surface area contributed by atoms with Gasteiger partial charge in [-0.1, -0.05) is 29.3 Å². The Balaban J connectivity index is 1.44. The number of aromatic nitrogens is 2. The number of Topliss-reactive ketones (excluding diaryl/α,β-unsaturated/α-hetero) is 1. The molecule has 188 valence electrons. The molecule has 0 unspecified atom stereocenters. The molecule has 2 aliphatic heterocycles. The quantitative estimate of drug-likeness (QED) is 0.486. The number of piperidine rings is 1. The molecule has 1 N–H and O–H groups in total. The second kappa shape index (κ2) is 12.0. The van der Waals surface area contributed by atoms with Crippen LogP contribution in [-0.2, 0) is 16.1 Å². The minimum Gasteiger partial charge on any atom is -0.462 e. The lowest BCUT2D eigenvalue weighted by molar-refractivity contribution is -0.124. The van der Waals surface area contributed by atoms with Crippen LogP contribution in [-0.4, -0.2) is 66.0 Å². The first-order valence-corrected chi connectivity index (χ1v) is 12.9. The molecular weight excluding hydrogens is 489 g/mol. The summed E-state index contributed by atoms with van der Waals surface area (Å²) in [5.41, 5.74) is 1.08. The zero-order valence-electron chi connectivity index (χ0n) is 19.9. The summed E-state index contributed by atoms with van der Waals surface area (Å²) in [5.74, 6) is 0.831. The Morgan fingerprint density at radius 1 is 1.14 bits per heavy atom. The monoisotopic (exact) mass is 519 g/mol. The standard InChI is InChI=1S/C25H31Cl2N5O3/c1-2-35-24(34)20-15-29-25(30-23(20)28-14-18-5-6-19(26)13-21(18)27)32-11-7-17(8-12-32)22(33)16-31-9-3-4-10-31/h5-6,13,15,17H,2-4,7-12,14,16H2,1H3,(H,28,29,30). The van der Waals surface area contributed by atoms with Crippen molar-refractivity contribution in [2.75, 3.05) is 49.5 Å². The summed E-state index contributed by atoms with van der Waals surface area (Å²) in [4.78, 5) is 38.6. The summed E-state index contributed by atoms with van der Waals surface area (Å²) in [6, 6.07) is 5.26. The zero-order chi connectivity index (χ0) is 24.8. The first-order valence-electron chi connectivity index (χ1n) is 12.2. The van der Waals surface area contributed by atoms with Gasteiger partial charge < -0.3 is 15.0 Å². The predicted octanol–water partition coefficient (Wildman–Crippen LogP) is 4.45. The molecule has 35 heavy (non-hydrogen) atoms. The second-order valence-corrected chi connectivity index (χ2v) is 9.80.